The summed E-state index contributed by atoms with van der Waals surface area (Å²) in [6.45, 7) is 2.40. The normalized spacial score (nSPS) is 23.1. The number of halogens is 1. The average molecular weight is 508 g/mol. The number of rotatable bonds is 7. The van der Waals surface area contributed by atoms with Crippen molar-refractivity contribution in [2.24, 2.45) is 5.92 Å². The Morgan fingerprint density at radius 2 is 1.69 bits per heavy atom. The summed E-state index contributed by atoms with van der Waals surface area (Å²) in [5.74, 6) is 1.39. The van der Waals surface area contributed by atoms with Gasteiger partial charge < -0.3 is 19.5 Å². The van der Waals surface area contributed by atoms with Crippen LogP contribution in [0.4, 0.5) is 0 Å². The number of phenolic OH excluding ortho intramolecular Hbond substituents is 1. The Morgan fingerprint density at radius 3 is 2.42 bits per heavy atom. The molecule has 2 aliphatic heterocycles. The molecular formula is C28H30ClN3O4. The number of amides is 1. The van der Waals surface area contributed by atoms with Gasteiger partial charge in [-0.2, -0.15) is 0 Å². The molecule has 2 heterocycles. The Kier molecular flexibility index (Phi) is 6.79. The fourth-order valence-electron chi connectivity index (χ4n) is 5.48. The van der Waals surface area contributed by atoms with E-state index in [0.717, 1.165) is 16.7 Å². The molecule has 0 bridgehead atoms. The van der Waals surface area contributed by atoms with Crippen molar-refractivity contribution >= 4 is 17.5 Å². The third-order valence-electron chi connectivity index (χ3n) is 7.29. The zero-order valence-corrected chi connectivity index (χ0v) is 21.3. The van der Waals surface area contributed by atoms with Crippen LogP contribution in [0, 0.1) is 12.8 Å². The molecule has 0 aromatic heterocycles. The van der Waals surface area contributed by atoms with Crippen LogP contribution in [0.25, 0.3) is 0 Å². The molecule has 2 saturated heterocycles. The van der Waals surface area contributed by atoms with Crippen molar-refractivity contribution < 1.29 is 19.4 Å². The van der Waals surface area contributed by atoms with E-state index >= 15 is 0 Å². The number of fused-ring (bicyclic) bond motifs is 1. The minimum absolute atomic E-state index is 0.0297. The van der Waals surface area contributed by atoms with E-state index in [-0.39, 0.29) is 29.7 Å². The van der Waals surface area contributed by atoms with E-state index in [1.54, 1.807) is 26.4 Å². The van der Waals surface area contributed by atoms with Crippen molar-refractivity contribution in [1.82, 2.24) is 15.8 Å². The first-order chi connectivity index (χ1) is 17.4. The zero-order valence-electron chi connectivity index (χ0n) is 20.5. The van der Waals surface area contributed by atoms with Crippen molar-refractivity contribution in [2.45, 2.75) is 31.5 Å². The van der Waals surface area contributed by atoms with Crippen LogP contribution in [0.15, 0.2) is 60.7 Å². The second-order valence-electron chi connectivity index (χ2n) is 9.31. The average Bonchev–Trinajstić information content (AvgIpc) is 3.43. The second kappa shape index (κ2) is 10.0. The fourth-order valence-corrected chi connectivity index (χ4v) is 5.65. The zero-order chi connectivity index (χ0) is 25.4. The van der Waals surface area contributed by atoms with Gasteiger partial charge in [-0.05, 0) is 54.3 Å². The number of methoxy groups -OCH3 is 2. The van der Waals surface area contributed by atoms with Gasteiger partial charge in [-0.15, -0.1) is 0 Å². The number of ether oxygens (including phenoxy) is 2. The maximum absolute atomic E-state index is 13.7. The Balaban J connectivity index is 1.48. The highest BCUT2D eigenvalue weighted by Gasteiger charge is 2.55. The molecule has 5 rings (SSSR count). The van der Waals surface area contributed by atoms with Gasteiger partial charge in [0.05, 0.1) is 26.3 Å². The molecule has 3 aromatic rings. The van der Waals surface area contributed by atoms with Crippen molar-refractivity contribution in [3.63, 3.8) is 0 Å². The summed E-state index contributed by atoms with van der Waals surface area (Å²) >= 11 is 6.43. The standard InChI is InChI=1S/C28H30ClN3O4/c1-16-13-21(33)19(15-20(16)29)25-24-26(31-30-25)28(34)32(27(24)18-7-5-4-6-8-18)12-11-17-9-10-22(35-2)23(14-17)36-3/h4-10,13-15,24-27,30-31,33H,11-12H2,1-3H3. The van der Waals surface area contributed by atoms with Crippen LogP contribution in [0.5, 0.6) is 17.2 Å². The van der Waals surface area contributed by atoms with Gasteiger partial charge in [0, 0.05) is 23.0 Å². The quantitative estimate of drug-likeness (QED) is 0.441. The highest BCUT2D eigenvalue weighted by Crippen LogP contribution is 2.49. The molecule has 0 spiro atoms. The number of hydrazine groups is 1. The van der Waals surface area contributed by atoms with Gasteiger partial charge in [0.2, 0.25) is 5.91 Å². The topological polar surface area (TPSA) is 83.1 Å². The van der Waals surface area contributed by atoms with Crippen LogP contribution in [0.1, 0.15) is 34.3 Å². The number of aryl methyl sites for hydroxylation is 1. The molecule has 0 aliphatic carbocycles. The van der Waals surface area contributed by atoms with Gasteiger partial charge in [-0.1, -0.05) is 48.0 Å². The number of likely N-dealkylation sites (tertiary alicyclic amines) is 1. The number of hydrogen-bond donors (Lipinski definition) is 3. The van der Waals surface area contributed by atoms with Crippen LogP contribution in [0.3, 0.4) is 0 Å². The molecule has 4 unspecified atom stereocenters. The first kappa shape index (κ1) is 24.4. The van der Waals surface area contributed by atoms with E-state index in [4.69, 9.17) is 21.1 Å². The van der Waals surface area contributed by atoms with Gasteiger partial charge in [0.25, 0.3) is 0 Å². The number of hydrogen-bond acceptors (Lipinski definition) is 6. The Labute approximate surface area is 215 Å². The summed E-state index contributed by atoms with van der Waals surface area (Å²) in [7, 11) is 3.23. The monoisotopic (exact) mass is 507 g/mol. The smallest absolute Gasteiger partial charge is 0.242 e. The van der Waals surface area contributed by atoms with Crippen LogP contribution < -0.4 is 20.3 Å². The lowest BCUT2D eigenvalue weighted by Crippen LogP contribution is -2.42. The molecule has 2 fully saturated rings. The van der Waals surface area contributed by atoms with Crippen molar-refractivity contribution in [1.29, 1.82) is 0 Å². The van der Waals surface area contributed by atoms with Crippen LogP contribution in [-0.2, 0) is 11.2 Å². The molecule has 8 heteroatoms. The van der Waals surface area contributed by atoms with Gasteiger partial charge >= 0.3 is 0 Å². The summed E-state index contributed by atoms with van der Waals surface area (Å²) < 4.78 is 10.8. The minimum atomic E-state index is -0.426. The van der Waals surface area contributed by atoms with Crippen LogP contribution in [-0.4, -0.2) is 42.7 Å². The third-order valence-corrected chi connectivity index (χ3v) is 7.69. The largest absolute Gasteiger partial charge is 0.508 e. The number of nitrogens with zero attached hydrogens (tertiary/aromatic N) is 1. The van der Waals surface area contributed by atoms with Gasteiger partial charge in [0.1, 0.15) is 11.8 Å². The molecule has 4 atom stereocenters. The first-order valence-electron chi connectivity index (χ1n) is 12.0. The third kappa shape index (κ3) is 4.28. The lowest BCUT2D eigenvalue weighted by molar-refractivity contribution is -0.130. The molecule has 3 aromatic carbocycles. The number of nitrogens with one attached hydrogen (secondary N) is 2. The van der Waals surface area contributed by atoms with E-state index in [1.807, 2.05) is 48.2 Å². The molecule has 3 N–H and O–H groups in total. The lowest BCUT2D eigenvalue weighted by atomic mass is 9.83. The van der Waals surface area contributed by atoms with Gasteiger partial charge in [-0.3, -0.25) is 4.79 Å². The molecule has 36 heavy (non-hydrogen) atoms. The highest BCUT2D eigenvalue weighted by molar-refractivity contribution is 6.31. The first-order valence-corrected chi connectivity index (χ1v) is 12.4. The summed E-state index contributed by atoms with van der Waals surface area (Å²) in [6, 6.07) is 18.5. The second-order valence-corrected chi connectivity index (χ2v) is 9.72. The SMILES string of the molecule is COc1ccc(CCN2C(=O)C3NNC(c4cc(Cl)c(C)cc4O)C3C2c2ccccc2)cc1OC. The summed E-state index contributed by atoms with van der Waals surface area (Å²) in [5.41, 5.74) is 10.1. The Bertz CT molecular complexity index is 1270. The lowest BCUT2D eigenvalue weighted by Gasteiger charge is -2.31. The number of carbonyl (C=O) groups excluding carboxylic acids is 1. The molecule has 2 aliphatic rings. The Hall–Kier alpha value is -3.26. The van der Waals surface area contributed by atoms with E-state index in [9.17, 15) is 9.90 Å². The summed E-state index contributed by atoms with van der Waals surface area (Å²) in [5, 5.41) is 11.4. The fraction of sp³-hybridized carbons (Fsp3) is 0.321. The van der Waals surface area contributed by atoms with E-state index in [2.05, 4.69) is 23.0 Å². The minimum Gasteiger partial charge on any atom is -0.508 e. The maximum atomic E-state index is 13.7. The van der Waals surface area contributed by atoms with Crippen molar-refractivity contribution in [3.05, 3.63) is 87.9 Å². The summed E-state index contributed by atoms with van der Waals surface area (Å²) in [4.78, 5) is 15.6. The number of phenols is 1. The van der Waals surface area contributed by atoms with Crippen LogP contribution in [0.2, 0.25) is 5.02 Å². The predicted octanol–water partition coefficient (Wildman–Crippen LogP) is 4.33. The molecule has 7 nitrogen and oxygen atoms in total. The van der Waals surface area contributed by atoms with Crippen molar-refractivity contribution in [3.8, 4) is 17.2 Å². The molecule has 0 saturated carbocycles. The highest BCUT2D eigenvalue weighted by atomic mass is 35.5. The van der Waals surface area contributed by atoms with E-state index < -0.39 is 6.04 Å². The van der Waals surface area contributed by atoms with E-state index in [1.165, 1.54) is 0 Å². The summed E-state index contributed by atoms with van der Waals surface area (Å²) in [6.07, 6.45) is 0.661. The molecule has 1 amide bonds. The predicted molar refractivity (Wildman–Crippen MR) is 138 cm³/mol. The number of carbonyl (C=O) groups is 1. The molecule has 188 valence electrons. The van der Waals surface area contributed by atoms with E-state index in [0.29, 0.717) is 35.1 Å². The maximum Gasteiger partial charge on any atom is 0.242 e. The van der Waals surface area contributed by atoms with Crippen molar-refractivity contribution in [2.75, 3.05) is 20.8 Å². The molecule has 0 radical (unpaired) electrons. The van der Waals surface area contributed by atoms with Crippen LogP contribution >= 0.6 is 11.6 Å². The number of benzene rings is 3. The van der Waals surface area contributed by atoms with Gasteiger partial charge in [0.15, 0.2) is 11.5 Å². The van der Waals surface area contributed by atoms with Gasteiger partial charge in [-0.25, -0.2) is 10.9 Å². The Morgan fingerprint density at radius 1 is 0.972 bits per heavy atom. The molecular weight excluding hydrogens is 478 g/mol. The number of aromatic hydroxyl groups is 1.